The highest BCUT2D eigenvalue weighted by molar-refractivity contribution is 7.88. The van der Waals surface area contributed by atoms with Gasteiger partial charge in [-0.05, 0) is 91.4 Å². The number of benzene rings is 2. The van der Waals surface area contributed by atoms with E-state index in [9.17, 15) is 21.6 Å². The van der Waals surface area contributed by atoms with E-state index in [1.165, 1.54) is 12.1 Å². The molecule has 1 aliphatic rings. The van der Waals surface area contributed by atoms with Crippen molar-refractivity contribution in [3.8, 4) is 5.75 Å². The van der Waals surface area contributed by atoms with Crippen molar-refractivity contribution in [2.75, 3.05) is 0 Å². The van der Waals surface area contributed by atoms with E-state index in [-0.39, 0.29) is 0 Å². The van der Waals surface area contributed by atoms with Crippen molar-refractivity contribution >= 4 is 48.8 Å². The molecule has 1 heterocycles. The smallest absolute Gasteiger partial charge is 0.376 e. The van der Waals surface area contributed by atoms with Gasteiger partial charge in [-0.2, -0.15) is 21.6 Å². The molecule has 0 spiro atoms. The quantitative estimate of drug-likeness (QED) is 0.136. The molecule has 0 atom stereocenters. The molecule has 1 aromatic heterocycles. The Morgan fingerprint density at radius 1 is 1.02 bits per heavy atom. The molecule has 232 valence electrons. The van der Waals surface area contributed by atoms with E-state index < -0.39 is 21.4 Å². The Balaban J connectivity index is 0.00000259. The fraction of sp³-hybridized carbons (Fsp3) is 0.222. The summed E-state index contributed by atoms with van der Waals surface area (Å²) in [5, 5.41) is 1.30. The van der Waals surface area contributed by atoms with E-state index >= 15 is 0 Å². The van der Waals surface area contributed by atoms with E-state index in [2.05, 4.69) is 16.8 Å². The minimum Gasteiger partial charge on any atom is -0.376 e. The first-order valence-electron chi connectivity index (χ1n) is 14.5. The lowest BCUT2D eigenvalue weighted by Crippen LogP contribution is -2.28. The summed E-state index contributed by atoms with van der Waals surface area (Å²) < 4.78 is 69.9. The van der Waals surface area contributed by atoms with E-state index in [1.807, 2.05) is 112 Å². The van der Waals surface area contributed by atoms with Crippen LogP contribution in [0.15, 0.2) is 110 Å². The van der Waals surface area contributed by atoms with Crippen LogP contribution >= 0.6 is 0 Å². The first-order chi connectivity index (χ1) is 21.1. The lowest BCUT2D eigenvalue weighted by molar-refractivity contribution is -0.0500. The summed E-state index contributed by atoms with van der Waals surface area (Å²) in [6, 6.07) is 8.28. The molecule has 3 aromatic rings. The minimum absolute atomic E-state index is 0.424. The van der Waals surface area contributed by atoms with E-state index in [0.29, 0.717) is 10.9 Å². The molecule has 0 radical (unpaired) electrons. The van der Waals surface area contributed by atoms with Crippen LogP contribution in [0.3, 0.4) is 0 Å². The second-order valence-corrected chi connectivity index (χ2v) is 11.0. The Morgan fingerprint density at radius 2 is 1.73 bits per heavy atom. The zero-order valence-electron chi connectivity index (χ0n) is 25.7. The highest BCUT2D eigenvalue weighted by Crippen LogP contribution is 2.41. The monoisotopic (exact) mass is 621 g/mol. The van der Waals surface area contributed by atoms with Crippen LogP contribution in [0.5, 0.6) is 5.75 Å². The van der Waals surface area contributed by atoms with E-state index in [1.54, 1.807) is 12.1 Å². The van der Waals surface area contributed by atoms with Crippen LogP contribution in [0.25, 0.3) is 38.6 Å². The van der Waals surface area contributed by atoms with Crippen molar-refractivity contribution in [2.24, 2.45) is 0 Å². The zero-order valence-corrected chi connectivity index (χ0v) is 26.5. The van der Waals surface area contributed by atoms with Crippen LogP contribution in [0, 0.1) is 0 Å². The van der Waals surface area contributed by atoms with Crippen molar-refractivity contribution < 1.29 is 25.8 Å². The molecular formula is C36H38F3NO3S. The van der Waals surface area contributed by atoms with E-state index in [4.69, 9.17) is 0 Å². The number of hydrogen-bond donors (Lipinski definition) is 0. The zero-order chi connectivity index (χ0) is 32.5. The molecule has 8 heteroatoms. The number of alkyl halides is 3. The molecule has 0 bridgehead atoms. The third-order valence-electron chi connectivity index (χ3n) is 6.61. The summed E-state index contributed by atoms with van der Waals surface area (Å²) >= 11 is 0. The minimum atomic E-state index is -5.85. The summed E-state index contributed by atoms with van der Waals surface area (Å²) in [7, 11) is -5.85. The molecule has 0 saturated heterocycles. The number of rotatable bonds is 9. The molecule has 0 fully saturated rings. The van der Waals surface area contributed by atoms with Gasteiger partial charge in [0, 0.05) is 16.5 Å². The second kappa shape index (κ2) is 14.9. The fourth-order valence-electron chi connectivity index (χ4n) is 4.96. The van der Waals surface area contributed by atoms with Gasteiger partial charge in [0.2, 0.25) is 0 Å². The lowest BCUT2D eigenvalue weighted by atomic mass is 9.93. The third-order valence-corrected chi connectivity index (χ3v) is 7.59. The molecule has 2 aromatic carbocycles. The number of aromatic nitrogens is 1. The topological polar surface area (TPSA) is 48.3 Å². The van der Waals surface area contributed by atoms with Gasteiger partial charge in [0.25, 0.3) is 0 Å². The highest BCUT2D eigenvalue weighted by Gasteiger charge is 2.48. The van der Waals surface area contributed by atoms with Gasteiger partial charge in [-0.25, -0.2) is 0 Å². The van der Waals surface area contributed by atoms with Gasteiger partial charge in [0.05, 0.1) is 11.0 Å². The van der Waals surface area contributed by atoms with Gasteiger partial charge < -0.3 is 8.75 Å². The third kappa shape index (κ3) is 7.25. The first-order valence-corrected chi connectivity index (χ1v) is 15.9. The molecule has 4 rings (SSSR count). The van der Waals surface area contributed by atoms with Gasteiger partial charge in [-0.3, -0.25) is 0 Å². The Kier molecular flexibility index (Phi) is 11.6. The second-order valence-electron chi connectivity index (χ2n) is 9.50. The molecule has 44 heavy (non-hydrogen) atoms. The normalized spacial score (nSPS) is 14.7. The van der Waals surface area contributed by atoms with E-state index in [0.717, 1.165) is 51.7 Å². The van der Waals surface area contributed by atoms with Crippen molar-refractivity contribution in [3.63, 3.8) is 0 Å². The summed E-state index contributed by atoms with van der Waals surface area (Å²) in [4.78, 5) is 0. The average molecular weight is 622 g/mol. The van der Waals surface area contributed by atoms with Gasteiger partial charge >= 0.3 is 15.6 Å². The Bertz CT molecular complexity index is 1840. The van der Waals surface area contributed by atoms with Crippen LogP contribution in [-0.4, -0.2) is 18.5 Å². The highest BCUT2D eigenvalue weighted by atomic mass is 32.2. The largest absolute Gasteiger partial charge is 0.534 e. The maximum absolute atomic E-state index is 13.2. The average Bonchev–Trinajstić information content (AvgIpc) is 3.11. The molecule has 0 N–H and O–H groups in total. The maximum Gasteiger partial charge on any atom is 0.534 e. The van der Waals surface area contributed by atoms with Gasteiger partial charge in [0.1, 0.15) is 5.75 Å². The standard InChI is InChI=1S/C34H32F3NO3S.C2H6/c1-5-13-24(14-6-2)26-21-29(25(15-7-3)16-8-4)33-30-23-28(41-42(39,40)34(35,36)37)19-20-31(30)38(32(33)22-26)27-17-11-9-10-12-18-27;1-2/h5-7,9,11-23H,1,8,10H2,2-4H3;1-2H3/b14-6-,15-7-,24-13+,25-16+;. The van der Waals surface area contributed by atoms with Crippen LogP contribution in [0.4, 0.5) is 13.2 Å². The maximum atomic E-state index is 13.2. The molecule has 0 aliphatic heterocycles. The van der Waals surface area contributed by atoms with Gasteiger partial charge in [-0.1, -0.05) is 88.1 Å². The summed E-state index contributed by atoms with van der Waals surface area (Å²) in [6.45, 7) is 13.7. The van der Waals surface area contributed by atoms with Crippen molar-refractivity contribution in [3.05, 3.63) is 121 Å². The Morgan fingerprint density at radius 3 is 2.36 bits per heavy atom. The SMILES string of the molecule is C=C/C=C(\C=C/C)c1cc(C(/C=C\C)=C/CC)c2c3cc(OS(=O)(=O)C(F)(F)F)ccc3n(C3=CC=CCC=C3)c2c1.CC. The van der Waals surface area contributed by atoms with Crippen molar-refractivity contribution in [1.82, 2.24) is 4.57 Å². The molecule has 4 nitrogen and oxygen atoms in total. The molecule has 0 amide bonds. The van der Waals surface area contributed by atoms with Crippen LogP contribution in [0.1, 0.15) is 58.6 Å². The predicted octanol–water partition coefficient (Wildman–Crippen LogP) is 10.9. The Hall–Kier alpha value is -4.30. The van der Waals surface area contributed by atoms with Crippen molar-refractivity contribution in [2.45, 2.75) is 53.0 Å². The molecular weight excluding hydrogens is 583 g/mol. The van der Waals surface area contributed by atoms with Gasteiger partial charge in [0.15, 0.2) is 0 Å². The summed E-state index contributed by atoms with van der Waals surface area (Å²) in [5.41, 5.74) is 0.371. The number of nitrogens with zero attached hydrogens (tertiary/aromatic N) is 1. The number of hydrogen-bond acceptors (Lipinski definition) is 3. The predicted molar refractivity (Wildman–Crippen MR) is 180 cm³/mol. The summed E-state index contributed by atoms with van der Waals surface area (Å²) in [6.07, 6.45) is 25.0. The van der Waals surface area contributed by atoms with Crippen molar-refractivity contribution in [1.29, 1.82) is 0 Å². The molecule has 0 unspecified atom stereocenters. The fourth-order valence-corrected chi connectivity index (χ4v) is 5.42. The Labute approximate surface area is 258 Å². The summed E-state index contributed by atoms with van der Waals surface area (Å²) in [5.74, 6) is -0.424. The number of allylic oxidation sites excluding steroid dienone is 15. The lowest BCUT2D eigenvalue weighted by Gasteiger charge is -2.13. The molecule has 0 saturated carbocycles. The van der Waals surface area contributed by atoms with Crippen LogP contribution < -0.4 is 4.18 Å². The van der Waals surface area contributed by atoms with Crippen LogP contribution in [0.2, 0.25) is 0 Å². The van der Waals surface area contributed by atoms with Crippen LogP contribution in [-0.2, 0) is 10.1 Å². The first kappa shape index (κ1) is 34.2. The van der Waals surface area contributed by atoms with Gasteiger partial charge in [-0.15, -0.1) is 0 Å². The number of fused-ring (bicyclic) bond motifs is 3. The molecule has 1 aliphatic carbocycles. The number of halogens is 3.